The molecule has 0 saturated heterocycles. The van der Waals surface area contributed by atoms with E-state index in [-0.39, 0.29) is 0 Å². The van der Waals surface area contributed by atoms with Gasteiger partial charge in [-0.2, -0.15) is 0 Å². The van der Waals surface area contributed by atoms with Crippen LogP contribution in [0.2, 0.25) is 0 Å². The first-order chi connectivity index (χ1) is 6.34. The fourth-order valence-corrected chi connectivity index (χ4v) is 3.06. The maximum Gasteiger partial charge on any atom is 0.139 e. The van der Waals surface area contributed by atoms with Crippen molar-refractivity contribution in [3.63, 3.8) is 0 Å². The van der Waals surface area contributed by atoms with Gasteiger partial charge in [0, 0.05) is 10.1 Å². The van der Waals surface area contributed by atoms with Crippen molar-refractivity contribution >= 4 is 25.1 Å². The van der Waals surface area contributed by atoms with Crippen LogP contribution in [0.5, 0.6) is 0 Å². The van der Waals surface area contributed by atoms with E-state index in [0.29, 0.717) is 0 Å². The van der Waals surface area contributed by atoms with Gasteiger partial charge in [-0.25, -0.2) is 0 Å². The van der Waals surface area contributed by atoms with E-state index in [0.717, 1.165) is 5.25 Å². The lowest BCUT2D eigenvalue weighted by atomic mass is 9.97. The van der Waals surface area contributed by atoms with E-state index in [9.17, 15) is 0 Å². The molecule has 0 bridgehead atoms. The Labute approximate surface area is 85.5 Å². The van der Waals surface area contributed by atoms with E-state index in [1.165, 1.54) is 36.0 Å². The van der Waals surface area contributed by atoms with Crippen LogP contribution in [0.4, 0.5) is 0 Å². The number of thioether (sulfide) groups is 1. The van der Waals surface area contributed by atoms with E-state index < -0.39 is 0 Å². The zero-order chi connectivity index (χ0) is 9.10. The Hall–Kier alpha value is -0.365. The Kier molecular flexibility index (Phi) is 2.99. The Bertz CT molecular complexity index is 262. The molecule has 0 nitrogen and oxygen atoms in total. The average molecular weight is 190 g/mol. The molecule has 0 spiro atoms. The molecular weight excluding hydrogens is 175 g/mol. The highest BCUT2D eigenvalue weighted by molar-refractivity contribution is 8.00. The minimum Gasteiger partial charge on any atom is -0.123 e. The summed E-state index contributed by atoms with van der Waals surface area (Å²) in [6.45, 7) is 0. The third kappa shape index (κ3) is 2.54. The van der Waals surface area contributed by atoms with Crippen LogP contribution in [0.15, 0.2) is 29.2 Å². The summed E-state index contributed by atoms with van der Waals surface area (Å²) < 4.78 is 0. The molecule has 0 atom stereocenters. The molecule has 1 fully saturated rings. The van der Waals surface area contributed by atoms with E-state index in [2.05, 4.69) is 43.9 Å². The summed E-state index contributed by atoms with van der Waals surface area (Å²) in [5.74, 6) is 0. The minimum atomic E-state index is 0.891. The van der Waals surface area contributed by atoms with Crippen LogP contribution < -0.4 is 5.46 Å². The van der Waals surface area contributed by atoms with Gasteiger partial charge < -0.3 is 0 Å². The third-order valence-corrected chi connectivity index (χ3v) is 3.98. The van der Waals surface area contributed by atoms with E-state index in [1.54, 1.807) is 0 Å². The monoisotopic (exact) mass is 190 g/mol. The van der Waals surface area contributed by atoms with Crippen LogP contribution in [0.25, 0.3) is 0 Å². The summed E-state index contributed by atoms with van der Waals surface area (Å²) in [4.78, 5) is 1.44. The predicted molar refractivity (Wildman–Crippen MR) is 62.7 cm³/mol. The second kappa shape index (κ2) is 4.23. The van der Waals surface area contributed by atoms with Crippen LogP contribution >= 0.6 is 11.8 Å². The van der Waals surface area contributed by atoms with Crippen LogP contribution in [-0.2, 0) is 0 Å². The summed E-state index contributed by atoms with van der Waals surface area (Å²) in [6, 6.07) is 8.91. The first kappa shape index (κ1) is 9.20. The van der Waals surface area contributed by atoms with Gasteiger partial charge >= 0.3 is 0 Å². The van der Waals surface area contributed by atoms with Gasteiger partial charge in [-0.05, 0) is 25.0 Å². The zero-order valence-electron chi connectivity index (χ0n) is 8.12. The van der Waals surface area contributed by atoms with E-state index >= 15 is 0 Å². The Morgan fingerprint density at radius 2 is 1.69 bits per heavy atom. The first-order valence-electron chi connectivity index (χ1n) is 5.08. The average Bonchev–Trinajstić information content (AvgIpc) is 2.62. The summed E-state index contributed by atoms with van der Waals surface area (Å²) in [5.41, 5.74) is 1.36. The van der Waals surface area contributed by atoms with Crippen LogP contribution in [-0.4, -0.2) is 13.1 Å². The van der Waals surface area contributed by atoms with Gasteiger partial charge in [0.1, 0.15) is 7.85 Å². The van der Waals surface area contributed by atoms with Crippen molar-refractivity contribution in [1.82, 2.24) is 0 Å². The highest BCUT2D eigenvalue weighted by Crippen LogP contribution is 2.34. The fourth-order valence-electron chi connectivity index (χ4n) is 1.82. The second-order valence-corrected chi connectivity index (χ2v) is 5.21. The third-order valence-electron chi connectivity index (χ3n) is 2.63. The lowest BCUT2D eigenvalue weighted by Gasteiger charge is -2.08. The Balaban J connectivity index is 1.97. The Morgan fingerprint density at radius 1 is 1.08 bits per heavy atom. The van der Waals surface area contributed by atoms with Crippen molar-refractivity contribution in [3.05, 3.63) is 24.3 Å². The molecule has 1 aromatic rings. The molecule has 0 aliphatic heterocycles. The van der Waals surface area contributed by atoms with E-state index in [1.807, 2.05) is 0 Å². The predicted octanol–water partition coefficient (Wildman–Crippen LogP) is 1.98. The second-order valence-electron chi connectivity index (χ2n) is 3.84. The molecule has 0 amide bonds. The normalized spacial score (nSPS) is 17.8. The molecule has 1 saturated carbocycles. The maximum atomic E-state index is 2.25. The highest BCUT2D eigenvalue weighted by Gasteiger charge is 2.15. The van der Waals surface area contributed by atoms with Gasteiger partial charge in [0.05, 0.1) is 0 Å². The number of rotatable bonds is 2. The highest BCUT2D eigenvalue weighted by atomic mass is 32.2. The van der Waals surface area contributed by atoms with Gasteiger partial charge in [-0.3, -0.25) is 0 Å². The maximum absolute atomic E-state index is 2.25. The number of hydrogen-bond donors (Lipinski definition) is 0. The van der Waals surface area contributed by atoms with E-state index in [4.69, 9.17) is 0 Å². The van der Waals surface area contributed by atoms with Gasteiger partial charge in [0.2, 0.25) is 0 Å². The molecule has 0 N–H and O–H groups in total. The minimum absolute atomic E-state index is 0.891. The molecule has 68 valence electrons. The summed E-state index contributed by atoms with van der Waals surface area (Å²) in [5, 5.41) is 0.891. The fraction of sp³-hybridized carbons (Fsp3) is 0.455. The number of benzene rings is 1. The van der Waals surface area contributed by atoms with Crippen molar-refractivity contribution < 1.29 is 0 Å². The van der Waals surface area contributed by atoms with Crippen LogP contribution in [0.3, 0.4) is 0 Å². The molecule has 0 heterocycles. The topological polar surface area (TPSA) is 0 Å². The quantitative estimate of drug-likeness (QED) is 0.642. The molecule has 0 radical (unpaired) electrons. The van der Waals surface area contributed by atoms with Crippen molar-refractivity contribution in [2.24, 2.45) is 0 Å². The number of hydrogen-bond acceptors (Lipinski definition) is 1. The van der Waals surface area contributed by atoms with Crippen molar-refractivity contribution in [2.45, 2.75) is 35.8 Å². The summed E-state index contributed by atoms with van der Waals surface area (Å²) >= 11 is 2.06. The van der Waals surface area contributed by atoms with Crippen molar-refractivity contribution in [1.29, 1.82) is 0 Å². The first-order valence-corrected chi connectivity index (χ1v) is 5.96. The van der Waals surface area contributed by atoms with Crippen molar-refractivity contribution in [2.75, 3.05) is 0 Å². The molecule has 2 rings (SSSR count). The molecule has 1 aromatic carbocycles. The SMILES string of the molecule is Bc1ccc(SC2CCCC2)cc1. The van der Waals surface area contributed by atoms with Gasteiger partial charge in [-0.15, -0.1) is 11.8 Å². The summed E-state index contributed by atoms with van der Waals surface area (Å²) in [6.07, 6.45) is 5.70. The Morgan fingerprint density at radius 3 is 2.31 bits per heavy atom. The lowest BCUT2D eigenvalue weighted by molar-refractivity contribution is 0.886. The smallest absolute Gasteiger partial charge is 0.123 e. The van der Waals surface area contributed by atoms with Gasteiger partial charge in [0.25, 0.3) is 0 Å². The molecule has 13 heavy (non-hydrogen) atoms. The largest absolute Gasteiger partial charge is 0.139 e. The molecule has 0 unspecified atom stereocenters. The van der Waals surface area contributed by atoms with Crippen molar-refractivity contribution in [3.8, 4) is 0 Å². The van der Waals surface area contributed by atoms with Gasteiger partial charge in [0.15, 0.2) is 0 Å². The van der Waals surface area contributed by atoms with Crippen LogP contribution in [0, 0.1) is 0 Å². The molecular formula is C11H15BS. The molecule has 1 aliphatic carbocycles. The van der Waals surface area contributed by atoms with Crippen LogP contribution in [0.1, 0.15) is 25.7 Å². The molecule has 2 heteroatoms. The standard InChI is InChI=1S/C11H15BS/c12-9-5-7-11(8-6-9)13-10-3-1-2-4-10/h5-8,10H,1-4,12H2. The molecule has 1 aliphatic rings. The lowest BCUT2D eigenvalue weighted by Crippen LogP contribution is -2.00. The molecule has 0 aromatic heterocycles. The zero-order valence-corrected chi connectivity index (χ0v) is 8.94. The summed E-state index contributed by atoms with van der Waals surface area (Å²) in [7, 11) is 2.14. The van der Waals surface area contributed by atoms with Gasteiger partial charge in [-0.1, -0.05) is 30.4 Å².